The van der Waals surface area contributed by atoms with Gasteiger partial charge in [-0.3, -0.25) is 4.72 Å². The van der Waals surface area contributed by atoms with Crippen molar-refractivity contribution in [2.24, 2.45) is 0 Å². The SMILES string of the molecule is O=S(=O)(Nc1cccc(CO)c1)c1ccc2ccccc2c1. The van der Waals surface area contributed by atoms with Crippen LogP contribution in [0.15, 0.2) is 71.6 Å². The molecule has 0 aromatic heterocycles. The maximum atomic E-state index is 12.5. The van der Waals surface area contributed by atoms with Crippen LogP contribution in [0.2, 0.25) is 0 Å². The molecule has 5 heteroatoms. The van der Waals surface area contributed by atoms with E-state index in [1.807, 2.05) is 24.3 Å². The van der Waals surface area contributed by atoms with Crippen molar-refractivity contribution < 1.29 is 13.5 Å². The van der Waals surface area contributed by atoms with Crippen molar-refractivity contribution >= 4 is 26.5 Å². The van der Waals surface area contributed by atoms with E-state index in [-0.39, 0.29) is 11.5 Å². The molecule has 0 unspecified atom stereocenters. The van der Waals surface area contributed by atoms with Gasteiger partial charge in [-0.15, -0.1) is 0 Å². The molecule has 0 amide bonds. The van der Waals surface area contributed by atoms with Crippen LogP contribution in [0.1, 0.15) is 5.56 Å². The van der Waals surface area contributed by atoms with Gasteiger partial charge in [0.25, 0.3) is 10.0 Å². The molecule has 112 valence electrons. The maximum Gasteiger partial charge on any atom is 0.261 e. The lowest BCUT2D eigenvalue weighted by molar-refractivity contribution is 0.282. The van der Waals surface area contributed by atoms with Crippen molar-refractivity contribution in [3.8, 4) is 0 Å². The minimum absolute atomic E-state index is 0.133. The molecule has 2 N–H and O–H groups in total. The Balaban J connectivity index is 1.96. The van der Waals surface area contributed by atoms with E-state index in [1.54, 1.807) is 42.5 Å². The zero-order chi connectivity index (χ0) is 15.6. The Kier molecular flexibility index (Phi) is 3.83. The quantitative estimate of drug-likeness (QED) is 0.777. The van der Waals surface area contributed by atoms with Crippen molar-refractivity contribution in [2.45, 2.75) is 11.5 Å². The molecule has 0 atom stereocenters. The van der Waals surface area contributed by atoms with Crippen LogP contribution in [0.4, 0.5) is 5.69 Å². The first kappa shape index (κ1) is 14.6. The smallest absolute Gasteiger partial charge is 0.261 e. The molecule has 3 aromatic rings. The molecule has 22 heavy (non-hydrogen) atoms. The summed E-state index contributed by atoms with van der Waals surface area (Å²) in [6.07, 6.45) is 0. The third-order valence-corrected chi connectivity index (χ3v) is 4.77. The molecule has 0 bridgehead atoms. The Morgan fingerprint density at radius 1 is 0.864 bits per heavy atom. The van der Waals surface area contributed by atoms with Crippen molar-refractivity contribution in [1.82, 2.24) is 0 Å². The van der Waals surface area contributed by atoms with E-state index in [4.69, 9.17) is 5.11 Å². The molecule has 0 radical (unpaired) electrons. The van der Waals surface area contributed by atoms with Gasteiger partial charge < -0.3 is 5.11 Å². The maximum absolute atomic E-state index is 12.5. The predicted molar refractivity (Wildman–Crippen MR) is 87.1 cm³/mol. The number of aliphatic hydroxyl groups is 1. The molecule has 0 heterocycles. The number of anilines is 1. The lowest BCUT2D eigenvalue weighted by Crippen LogP contribution is -2.13. The highest BCUT2D eigenvalue weighted by Gasteiger charge is 2.14. The largest absolute Gasteiger partial charge is 0.392 e. The molecule has 0 saturated carbocycles. The summed E-state index contributed by atoms with van der Waals surface area (Å²) in [4.78, 5) is 0.209. The van der Waals surface area contributed by atoms with Crippen molar-refractivity contribution in [1.29, 1.82) is 0 Å². The molecule has 0 saturated heterocycles. The highest BCUT2D eigenvalue weighted by atomic mass is 32.2. The summed E-state index contributed by atoms with van der Waals surface area (Å²) in [7, 11) is -3.66. The van der Waals surface area contributed by atoms with Gasteiger partial charge in [-0.25, -0.2) is 8.42 Å². The summed E-state index contributed by atoms with van der Waals surface area (Å²) in [6.45, 7) is -0.133. The average molecular weight is 313 g/mol. The van der Waals surface area contributed by atoms with Crippen LogP contribution >= 0.6 is 0 Å². The third-order valence-electron chi connectivity index (χ3n) is 3.39. The van der Waals surface area contributed by atoms with Gasteiger partial charge in [0.1, 0.15) is 0 Å². The number of rotatable bonds is 4. The number of sulfonamides is 1. The summed E-state index contributed by atoms with van der Waals surface area (Å²) >= 11 is 0. The van der Waals surface area contributed by atoms with E-state index in [2.05, 4.69) is 4.72 Å². The van der Waals surface area contributed by atoms with E-state index in [1.165, 1.54) is 0 Å². The fourth-order valence-corrected chi connectivity index (χ4v) is 3.37. The Bertz CT molecular complexity index is 920. The molecule has 0 aliphatic carbocycles. The van der Waals surface area contributed by atoms with E-state index in [0.29, 0.717) is 11.3 Å². The van der Waals surface area contributed by atoms with E-state index < -0.39 is 10.0 Å². The Labute approximate surface area is 129 Å². The van der Waals surface area contributed by atoms with Gasteiger partial charge in [-0.2, -0.15) is 0 Å². The number of fused-ring (bicyclic) bond motifs is 1. The molecular formula is C17H15NO3S. The second-order valence-electron chi connectivity index (χ2n) is 4.97. The molecular weight excluding hydrogens is 298 g/mol. The van der Waals surface area contributed by atoms with Gasteiger partial charge >= 0.3 is 0 Å². The minimum atomic E-state index is -3.66. The lowest BCUT2D eigenvalue weighted by atomic mass is 10.1. The normalized spacial score (nSPS) is 11.5. The van der Waals surface area contributed by atoms with Crippen molar-refractivity contribution in [2.75, 3.05) is 4.72 Å². The van der Waals surface area contributed by atoms with Gasteiger partial charge in [-0.05, 0) is 40.6 Å². The lowest BCUT2D eigenvalue weighted by Gasteiger charge is -2.10. The van der Waals surface area contributed by atoms with Gasteiger partial charge in [-0.1, -0.05) is 42.5 Å². The molecule has 0 spiro atoms. The van der Waals surface area contributed by atoms with Crippen LogP contribution in [-0.2, 0) is 16.6 Å². The predicted octanol–water partition coefficient (Wildman–Crippen LogP) is 3.13. The summed E-state index contributed by atoms with van der Waals surface area (Å²) in [6, 6.07) is 19.3. The second-order valence-corrected chi connectivity index (χ2v) is 6.66. The van der Waals surface area contributed by atoms with Gasteiger partial charge in [0.05, 0.1) is 11.5 Å². The van der Waals surface area contributed by atoms with E-state index in [9.17, 15) is 8.42 Å². The average Bonchev–Trinajstić information content (AvgIpc) is 2.54. The standard InChI is InChI=1S/C17H15NO3S/c19-12-13-4-3-7-16(10-13)18-22(20,21)17-9-8-14-5-1-2-6-15(14)11-17/h1-11,18-19H,12H2. The fourth-order valence-electron chi connectivity index (χ4n) is 2.28. The van der Waals surface area contributed by atoms with Crippen LogP contribution in [0.25, 0.3) is 10.8 Å². The van der Waals surface area contributed by atoms with Crippen LogP contribution in [-0.4, -0.2) is 13.5 Å². The first-order chi connectivity index (χ1) is 10.6. The Morgan fingerprint density at radius 3 is 2.41 bits per heavy atom. The van der Waals surface area contributed by atoms with Gasteiger partial charge in [0, 0.05) is 5.69 Å². The van der Waals surface area contributed by atoms with Crippen LogP contribution in [0.5, 0.6) is 0 Å². The summed E-state index contributed by atoms with van der Waals surface area (Å²) < 4.78 is 27.5. The Hall–Kier alpha value is -2.37. The highest BCUT2D eigenvalue weighted by Crippen LogP contribution is 2.21. The zero-order valence-corrected chi connectivity index (χ0v) is 12.5. The topological polar surface area (TPSA) is 66.4 Å². The number of hydrogen-bond donors (Lipinski definition) is 2. The first-order valence-corrected chi connectivity index (χ1v) is 8.28. The molecule has 3 rings (SSSR count). The summed E-state index contributed by atoms with van der Waals surface area (Å²) in [5.74, 6) is 0. The second kappa shape index (κ2) is 5.79. The number of hydrogen-bond acceptors (Lipinski definition) is 3. The van der Waals surface area contributed by atoms with E-state index >= 15 is 0 Å². The molecule has 0 aliphatic heterocycles. The monoisotopic (exact) mass is 313 g/mol. The minimum Gasteiger partial charge on any atom is -0.392 e. The highest BCUT2D eigenvalue weighted by molar-refractivity contribution is 7.92. The molecule has 4 nitrogen and oxygen atoms in total. The van der Waals surface area contributed by atoms with Gasteiger partial charge in [0.2, 0.25) is 0 Å². The third kappa shape index (κ3) is 2.95. The molecule has 0 fully saturated rings. The number of nitrogens with one attached hydrogen (secondary N) is 1. The van der Waals surface area contributed by atoms with Crippen LogP contribution in [0.3, 0.4) is 0 Å². The van der Waals surface area contributed by atoms with E-state index in [0.717, 1.165) is 10.8 Å². The zero-order valence-electron chi connectivity index (χ0n) is 11.7. The summed E-state index contributed by atoms with van der Waals surface area (Å²) in [5, 5.41) is 11.0. The van der Waals surface area contributed by atoms with Gasteiger partial charge in [0.15, 0.2) is 0 Å². The van der Waals surface area contributed by atoms with Crippen LogP contribution < -0.4 is 4.72 Å². The number of aliphatic hydroxyl groups excluding tert-OH is 1. The Morgan fingerprint density at radius 2 is 1.64 bits per heavy atom. The van der Waals surface area contributed by atoms with Crippen molar-refractivity contribution in [3.63, 3.8) is 0 Å². The number of benzene rings is 3. The van der Waals surface area contributed by atoms with Crippen LogP contribution in [0, 0.1) is 0 Å². The first-order valence-electron chi connectivity index (χ1n) is 6.80. The summed E-state index contributed by atoms with van der Waals surface area (Å²) in [5.41, 5.74) is 1.08. The fraction of sp³-hybridized carbons (Fsp3) is 0.0588. The molecule has 0 aliphatic rings. The van der Waals surface area contributed by atoms with Crippen molar-refractivity contribution in [3.05, 3.63) is 72.3 Å². The molecule has 3 aromatic carbocycles.